The number of amides is 4. The van der Waals surface area contributed by atoms with E-state index in [2.05, 4.69) is 20.2 Å². The van der Waals surface area contributed by atoms with Crippen molar-refractivity contribution in [3.05, 3.63) is 95.1 Å². The average molecular weight is 1220 g/mol. The van der Waals surface area contributed by atoms with Crippen molar-refractivity contribution < 1.29 is 57.3 Å². The van der Waals surface area contributed by atoms with Gasteiger partial charge in [0, 0.05) is 52.9 Å². The molecule has 2 aromatic carbocycles. The molecule has 8 atom stereocenters. The zero-order chi connectivity index (χ0) is 64.3. The maximum Gasteiger partial charge on any atom is 0.329 e. The molecule has 22 heteroatoms. The number of rotatable bonds is 18. The number of ether oxygens (including phenoxy) is 4. The minimum absolute atomic E-state index is 0.0816. The van der Waals surface area contributed by atoms with Crippen LogP contribution in [0.25, 0.3) is 0 Å². The van der Waals surface area contributed by atoms with Gasteiger partial charge in [-0.15, -0.1) is 0 Å². The molecule has 22 nitrogen and oxygen atoms in total. The molecule has 480 valence electrons. The lowest BCUT2D eigenvalue weighted by Gasteiger charge is -2.35. The summed E-state index contributed by atoms with van der Waals surface area (Å²) in [5, 5.41) is 8.95. The van der Waals surface area contributed by atoms with Crippen LogP contribution in [0.3, 0.4) is 0 Å². The van der Waals surface area contributed by atoms with Gasteiger partial charge in [-0.05, 0) is 111 Å². The summed E-state index contributed by atoms with van der Waals surface area (Å²) in [5.74, 6) is -4.83. The van der Waals surface area contributed by atoms with Crippen LogP contribution in [0.4, 0.5) is 0 Å². The van der Waals surface area contributed by atoms with Gasteiger partial charge in [0.25, 0.3) is 23.6 Å². The molecule has 4 aromatic rings. The molecule has 1 saturated heterocycles. The Morgan fingerprint density at radius 3 is 0.955 bits per heavy atom. The van der Waals surface area contributed by atoms with Crippen molar-refractivity contribution in [1.29, 1.82) is 0 Å². The number of likely N-dealkylation sites (N-methyl/N-ethyl adjacent to an activating group) is 4. The highest BCUT2D eigenvalue weighted by Gasteiger charge is 2.43. The summed E-state index contributed by atoms with van der Waals surface area (Å²) in [5.41, 5.74) is 3.09. The van der Waals surface area contributed by atoms with Gasteiger partial charge in [0.05, 0.1) is 13.1 Å². The summed E-state index contributed by atoms with van der Waals surface area (Å²) < 4.78 is 28.2. The van der Waals surface area contributed by atoms with Gasteiger partial charge in [-0.3, -0.25) is 19.2 Å². The highest BCUT2D eigenvalue weighted by Crippen LogP contribution is 2.36. The van der Waals surface area contributed by atoms with Crippen LogP contribution in [0.15, 0.2) is 61.2 Å². The Morgan fingerprint density at radius 1 is 0.409 bits per heavy atom. The number of aromatic nitrogens is 6. The molecule has 0 unspecified atom stereocenters. The van der Waals surface area contributed by atoms with Crippen LogP contribution in [0.1, 0.15) is 179 Å². The summed E-state index contributed by atoms with van der Waals surface area (Å²) in [6.07, 6.45) is 3.65. The lowest BCUT2D eigenvalue weighted by atomic mass is 9.85. The van der Waals surface area contributed by atoms with E-state index < -0.39 is 96.1 Å². The van der Waals surface area contributed by atoms with Crippen LogP contribution in [-0.4, -0.2) is 173 Å². The summed E-state index contributed by atoms with van der Waals surface area (Å²) in [4.78, 5) is 132. The first-order valence-corrected chi connectivity index (χ1v) is 31.5. The first-order chi connectivity index (χ1) is 41.7. The standard InChI is InChI=1S/C66H94N10O12/c1-39(2)29-51-63(81)85-43(9)59(77)71(11)54(32-42(7)8)66(84)88-56(34-46-23-27-48(28-24-46)36-76-58(68-38-70-76)50-19-16-20-50)62(80)74(14)52(30-40(3)4)64(82)86-44(10)60(78)72(12)53(31-41(5)6)65(83)87-55(61(79)73(51)13)33-45-21-25-47(26-22-45)35-75-57(67-37-69-75)49-17-15-18-49/h21-28,37-44,49-56H,15-20,29-36H2,1-14H3/t43-,44-,51+,52+,53+,54+,55-,56-/m1/s1. The molecule has 0 radical (unpaired) electrons. The number of carbonyl (C=O) groups excluding carboxylic acids is 8. The Labute approximate surface area is 518 Å². The summed E-state index contributed by atoms with van der Waals surface area (Å²) in [6, 6.07) is 9.76. The molecule has 0 spiro atoms. The Morgan fingerprint density at radius 2 is 0.682 bits per heavy atom. The van der Waals surface area contributed by atoms with Gasteiger partial charge in [0.2, 0.25) is 0 Å². The highest BCUT2D eigenvalue weighted by molar-refractivity contribution is 5.94. The van der Waals surface area contributed by atoms with Gasteiger partial charge < -0.3 is 38.5 Å². The Kier molecular flexibility index (Phi) is 23.6. The van der Waals surface area contributed by atoms with Crippen molar-refractivity contribution in [2.45, 2.75) is 220 Å². The quantitative estimate of drug-likeness (QED) is 0.0692. The van der Waals surface area contributed by atoms with Crippen molar-refractivity contribution in [2.75, 3.05) is 28.2 Å². The number of esters is 4. The largest absolute Gasteiger partial charge is 0.451 e. The molecule has 1 aliphatic heterocycles. The number of carbonyl (C=O) groups is 8. The lowest BCUT2D eigenvalue weighted by molar-refractivity contribution is -0.176. The Bertz CT molecular complexity index is 2820. The van der Waals surface area contributed by atoms with E-state index in [0.29, 0.717) is 36.1 Å². The van der Waals surface area contributed by atoms with E-state index >= 15 is 9.59 Å². The van der Waals surface area contributed by atoms with Gasteiger partial charge in [-0.1, -0.05) is 117 Å². The van der Waals surface area contributed by atoms with Crippen LogP contribution < -0.4 is 0 Å². The van der Waals surface area contributed by atoms with Crippen LogP contribution in [-0.2, 0) is 83.2 Å². The van der Waals surface area contributed by atoms with E-state index in [1.807, 2.05) is 113 Å². The third kappa shape index (κ3) is 17.4. The fourth-order valence-corrected chi connectivity index (χ4v) is 11.6. The molecule has 3 aliphatic rings. The number of benzene rings is 2. The fraction of sp³-hybridized carbons (Fsp3) is 0.636. The molecular formula is C66H94N10O12. The molecule has 2 saturated carbocycles. The van der Waals surface area contributed by atoms with Crippen LogP contribution in [0.2, 0.25) is 0 Å². The van der Waals surface area contributed by atoms with Gasteiger partial charge in [-0.25, -0.2) is 38.5 Å². The number of hydrogen-bond acceptors (Lipinski definition) is 16. The highest BCUT2D eigenvalue weighted by atomic mass is 16.6. The minimum Gasteiger partial charge on any atom is -0.451 e. The van der Waals surface area contributed by atoms with Crippen molar-refractivity contribution in [1.82, 2.24) is 49.1 Å². The monoisotopic (exact) mass is 1220 g/mol. The topological polar surface area (TPSA) is 248 Å². The molecule has 0 N–H and O–H groups in total. The van der Waals surface area contributed by atoms with Crippen LogP contribution >= 0.6 is 0 Å². The molecule has 0 bridgehead atoms. The zero-order valence-electron chi connectivity index (χ0n) is 54.1. The van der Waals surface area contributed by atoms with Crippen molar-refractivity contribution in [3.63, 3.8) is 0 Å². The SMILES string of the molecule is CC(C)C[C@H]1C(=O)O[C@H](Cc2ccc(Cn3ncnc3C3CCC3)cc2)C(=O)N(C)[C@@H](CC(C)C)C(=O)O[C@H](C)C(=O)N(C)[C@@H](CC(C)C)C(=O)O[C@H](Cc2ccc(Cn3ncnc3C3CCC3)cc2)C(=O)N(C)[C@@H](CC(C)C)C(=O)O[C@H](C)C(=O)N1C. The molecule has 2 aromatic heterocycles. The second-order valence-corrected chi connectivity index (χ2v) is 26.2. The minimum atomic E-state index is -1.54. The van der Waals surface area contributed by atoms with E-state index in [-0.39, 0.29) is 62.2 Å². The van der Waals surface area contributed by atoms with Gasteiger partial charge in [0.1, 0.15) is 48.5 Å². The second kappa shape index (κ2) is 30.6. The lowest BCUT2D eigenvalue weighted by Crippen LogP contribution is -2.55. The second-order valence-electron chi connectivity index (χ2n) is 26.2. The van der Waals surface area contributed by atoms with E-state index in [9.17, 15) is 28.8 Å². The van der Waals surface area contributed by atoms with Gasteiger partial charge >= 0.3 is 23.9 Å². The molecule has 4 amide bonds. The first kappa shape index (κ1) is 68.0. The first-order valence-electron chi connectivity index (χ1n) is 31.5. The maximum atomic E-state index is 15.1. The van der Waals surface area contributed by atoms with E-state index in [4.69, 9.17) is 18.9 Å². The zero-order valence-corrected chi connectivity index (χ0v) is 54.1. The van der Waals surface area contributed by atoms with Crippen molar-refractivity contribution in [3.8, 4) is 0 Å². The molecule has 3 fully saturated rings. The van der Waals surface area contributed by atoms with Gasteiger partial charge in [0.15, 0.2) is 24.4 Å². The van der Waals surface area contributed by atoms with Crippen LogP contribution in [0, 0.1) is 23.7 Å². The molecule has 3 heterocycles. The van der Waals surface area contributed by atoms with E-state index in [0.717, 1.165) is 71.1 Å². The van der Waals surface area contributed by atoms with Gasteiger partial charge in [-0.2, -0.15) is 10.2 Å². The van der Waals surface area contributed by atoms with Crippen molar-refractivity contribution in [2.24, 2.45) is 23.7 Å². The number of cyclic esters (lactones) is 4. The van der Waals surface area contributed by atoms with Crippen LogP contribution in [0.5, 0.6) is 0 Å². The third-order valence-electron chi connectivity index (χ3n) is 17.3. The normalized spacial score (nSPS) is 24.2. The Balaban J connectivity index is 1.23. The summed E-state index contributed by atoms with van der Waals surface area (Å²) in [7, 11) is 5.61. The predicted octanol–water partition coefficient (Wildman–Crippen LogP) is 7.48. The molecule has 88 heavy (non-hydrogen) atoms. The molecule has 2 aliphatic carbocycles. The summed E-state index contributed by atoms with van der Waals surface area (Å²) >= 11 is 0. The molecule has 7 rings (SSSR count). The predicted molar refractivity (Wildman–Crippen MR) is 327 cm³/mol. The number of hydrogen-bond donors (Lipinski definition) is 0. The summed E-state index contributed by atoms with van der Waals surface area (Å²) in [6.45, 7) is 18.6. The van der Waals surface area contributed by atoms with E-state index in [1.54, 1.807) is 12.7 Å². The smallest absolute Gasteiger partial charge is 0.329 e. The maximum absolute atomic E-state index is 15.1. The van der Waals surface area contributed by atoms with E-state index in [1.165, 1.54) is 51.8 Å². The number of nitrogens with zero attached hydrogens (tertiary/aromatic N) is 10. The fourth-order valence-electron chi connectivity index (χ4n) is 11.6. The average Bonchev–Trinajstić information content (AvgIpc) is 4.35. The van der Waals surface area contributed by atoms with Crippen molar-refractivity contribution >= 4 is 47.5 Å². The third-order valence-corrected chi connectivity index (χ3v) is 17.3. The Hall–Kier alpha value is -7.52. The molecular weight excluding hydrogens is 1120 g/mol.